The molecule has 0 aliphatic carbocycles. The minimum atomic E-state index is 0.839. The monoisotopic (exact) mass is 398 g/mol. The van der Waals surface area contributed by atoms with Gasteiger partial charge in [0.1, 0.15) is 11.5 Å². The molecule has 0 N–H and O–H groups in total. The third kappa shape index (κ3) is 4.38. The lowest BCUT2D eigenvalue weighted by Crippen LogP contribution is -2.23. The van der Waals surface area contributed by atoms with Crippen molar-refractivity contribution in [2.75, 3.05) is 25.8 Å². The quantitative estimate of drug-likeness (QED) is 0.509. The highest BCUT2D eigenvalue weighted by atomic mass is 16.5. The molecule has 30 heavy (non-hydrogen) atoms. The Hall–Kier alpha value is -3.53. The van der Waals surface area contributed by atoms with E-state index in [0.29, 0.717) is 0 Å². The number of allylic oxidation sites excluding steroid dienone is 1. The van der Waals surface area contributed by atoms with Crippen LogP contribution in [0.2, 0.25) is 0 Å². The van der Waals surface area contributed by atoms with Crippen LogP contribution in [0.25, 0.3) is 5.57 Å². The van der Waals surface area contributed by atoms with Crippen LogP contribution in [0.1, 0.15) is 23.1 Å². The second-order valence-corrected chi connectivity index (χ2v) is 7.16. The summed E-state index contributed by atoms with van der Waals surface area (Å²) in [7, 11) is 3.36. The SMILES string of the molecule is COc1ccc(C(=C/C=N/N2CCCc3ccccc32)c2ccc(OC)cc2)cc1. The fraction of sp³-hybridized carbons (Fsp3) is 0.192. The van der Waals surface area contributed by atoms with Crippen molar-refractivity contribution in [3.8, 4) is 11.5 Å². The number of ether oxygens (including phenoxy) is 2. The molecule has 1 heterocycles. The maximum Gasteiger partial charge on any atom is 0.118 e. The van der Waals surface area contributed by atoms with E-state index in [1.807, 2.05) is 30.5 Å². The fourth-order valence-electron chi connectivity index (χ4n) is 3.72. The second kappa shape index (κ2) is 9.31. The molecule has 0 unspecified atom stereocenters. The predicted octanol–water partition coefficient (Wildman–Crippen LogP) is 5.57. The highest BCUT2D eigenvalue weighted by Crippen LogP contribution is 2.28. The zero-order valence-electron chi connectivity index (χ0n) is 17.4. The number of methoxy groups -OCH3 is 2. The molecule has 4 nitrogen and oxygen atoms in total. The van der Waals surface area contributed by atoms with Crippen LogP contribution in [0.5, 0.6) is 11.5 Å². The van der Waals surface area contributed by atoms with Crippen LogP contribution >= 0.6 is 0 Å². The van der Waals surface area contributed by atoms with E-state index in [1.165, 1.54) is 11.3 Å². The van der Waals surface area contributed by atoms with Gasteiger partial charge in [-0.2, -0.15) is 5.10 Å². The number of para-hydroxylation sites is 1. The van der Waals surface area contributed by atoms with Gasteiger partial charge in [0.2, 0.25) is 0 Å². The average Bonchev–Trinajstić information content (AvgIpc) is 2.82. The summed E-state index contributed by atoms with van der Waals surface area (Å²) in [6, 6.07) is 24.7. The van der Waals surface area contributed by atoms with Gasteiger partial charge in [0.15, 0.2) is 0 Å². The number of nitrogens with zero attached hydrogens (tertiary/aromatic N) is 2. The number of fused-ring (bicyclic) bond motifs is 1. The van der Waals surface area contributed by atoms with E-state index >= 15 is 0 Å². The molecule has 3 aromatic rings. The van der Waals surface area contributed by atoms with Gasteiger partial charge in [0, 0.05) is 12.8 Å². The maximum absolute atomic E-state index is 5.31. The third-order valence-corrected chi connectivity index (χ3v) is 5.34. The Labute approximate surface area is 178 Å². The van der Waals surface area contributed by atoms with Crippen molar-refractivity contribution in [3.63, 3.8) is 0 Å². The van der Waals surface area contributed by atoms with E-state index in [-0.39, 0.29) is 0 Å². The number of hydrogen-bond donors (Lipinski definition) is 0. The fourth-order valence-corrected chi connectivity index (χ4v) is 3.72. The van der Waals surface area contributed by atoms with E-state index in [0.717, 1.165) is 47.6 Å². The molecular weight excluding hydrogens is 372 g/mol. The van der Waals surface area contributed by atoms with E-state index < -0.39 is 0 Å². The lowest BCUT2D eigenvalue weighted by Gasteiger charge is -2.26. The first-order valence-corrected chi connectivity index (χ1v) is 10.2. The Morgan fingerprint density at radius 3 is 2.03 bits per heavy atom. The summed E-state index contributed by atoms with van der Waals surface area (Å²) in [6.07, 6.45) is 6.19. The Morgan fingerprint density at radius 2 is 1.43 bits per heavy atom. The largest absolute Gasteiger partial charge is 0.497 e. The van der Waals surface area contributed by atoms with Gasteiger partial charge in [-0.3, -0.25) is 5.01 Å². The van der Waals surface area contributed by atoms with E-state index in [4.69, 9.17) is 14.6 Å². The topological polar surface area (TPSA) is 34.1 Å². The molecule has 4 heteroatoms. The molecule has 0 fully saturated rings. The molecule has 0 aromatic heterocycles. The number of anilines is 1. The standard InChI is InChI=1S/C26H26N2O2/c1-29-23-13-9-20(10-14-23)25(21-11-15-24(30-2)16-12-21)17-18-27-28-19-5-7-22-6-3-4-8-26(22)28/h3-4,6,8-18H,5,7,19H2,1-2H3/b27-18+. The molecule has 0 amide bonds. The zero-order chi connectivity index (χ0) is 20.8. The van der Waals surface area contributed by atoms with Crippen LogP contribution in [0.4, 0.5) is 5.69 Å². The van der Waals surface area contributed by atoms with Gasteiger partial charge in [0.25, 0.3) is 0 Å². The first kappa shape index (κ1) is 19.8. The Balaban J connectivity index is 1.66. The molecule has 152 valence electrons. The normalized spacial score (nSPS) is 13.1. The van der Waals surface area contributed by atoms with Gasteiger partial charge in [-0.05, 0) is 71.5 Å². The summed E-state index contributed by atoms with van der Waals surface area (Å²) in [4.78, 5) is 0. The van der Waals surface area contributed by atoms with Crippen molar-refractivity contribution in [1.82, 2.24) is 0 Å². The number of aryl methyl sites for hydroxylation is 1. The first-order chi connectivity index (χ1) is 14.8. The number of hydrogen-bond acceptors (Lipinski definition) is 4. The van der Waals surface area contributed by atoms with E-state index in [9.17, 15) is 0 Å². The Morgan fingerprint density at radius 1 is 0.833 bits per heavy atom. The van der Waals surface area contributed by atoms with Crippen LogP contribution in [0, 0.1) is 0 Å². The van der Waals surface area contributed by atoms with Gasteiger partial charge in [-0.15, -0.1) is 0 Å². The molecule has 0 atom stereocenters. The minimum Gasteiger partial charge on any atom is -0.497 e. The number of rotatable bonds is 6. The lowest BCUT2D eigenvalue weighted by molar-refractivity contribution is 0.414. The van der Waals surface area contributed by atoms with Gasteiger partial charge in [-0.25, -0.2) is 0 Å². The van der Waals surface area contributed by atoms with Crippen molar-refractivity contribution in [2.45, 2.75) is 12.8 Å². The molecule has 0 saturated carbocycles. The average molecular weight is 399 g/mol. The molecule has 1 aliphatic rings. The summed E-state index contributed by atoms with van der Waals surface area (Å²) >= 11 is 0. The smallest absolute Gasteiger partial charge is 0.118 e. The molecule has 0 spiro atoms. The Bertz CT molecular complexity index is 988. The zero-order valence-corrected chi connectivity index (χ0v) is 17.4. The molecule has 0 saturated heterocycles. The van der Waals surface area contributed by atoms with Crippen molar-refractivity contribution in [1.29, 1.82) is 0 Å². The summed E-state index contributed by atoms with van der Waals surface area (Å²) in [6.45, 7) is 0.932. The summed E-state index contributed by atoms with van der Waals surface area (Å²) in [5, 5.41) is 6.86. The van der Waals surface area contributed by atoms with Crippen LogP contribution in [0.15, 0.2) is 84.0 Å². The molecular formula is C26H26N2O2. The van der Waals surface area contributed by atoms with E-state index in [1.54, 1.807) is 14.2 Å². The lowest BCUT2D eigenvalue weighted by atomic mass is 9.97. The highest BCUT2D eigenvalue weighted by molar-refractivity contribution is 5.92. The summed E-state index contributed by atoms with van der Waals surface area (Å²) < 4.78 is 10.6. The third-order valence-electron chi connectivity index (χ3n) is 5.34. The van der Waals surface area contributed by atoms with Crippen molar-refractivity contribution in [2.24, 2.45) is 5.10 Å². The van der Waals surface area contributed by atoms with Gasteiger partial charge in [-0.1, -0.05) is 42.5 Å². The van der Waals surface area contributed by atoms with Crippen molar-refractivity contribution in [3.05, 3.63) is 95.6 Å². The van der Waals surface area contributed by atoms with Gasteiger partial charge < -0.3 is 9.47 Å². The number of hydrazone groups is 1. The first-order valence-electron chi connectivity index (χ1n) is 10.2. The Kier molecular flexibility index (Phi) is 6.14. The van der Waals surface area contributed by atoms with Crippen LogP contribution in [-0.2, 0) is 6.42 Å². The molecule has 4 rings (SSSR count). The molecule has 1 aliphatic heterocycles. The van der Waals surface area contributed by atoms with Crippen molar-refractivity contribution >= 4 is 17.5 Å². The minimum absolute atomic E-state index is 0.839. The van der Waals surface area contributed by atoms with Gasteiger partial charge in [0.05, 0.1) is 19.9 Å². The number of benzene rings is 3. The maximum atomic E-state index is 5.31. The summed E-state index contributed by atoms with van der Waals surface area (Å²) in [5.41, 5.74) is 5.85. The second-order valence-electron chi connectivity index (χ2n) is 7.16. The molecule has 0 radical (unpaired) electrons. The predicted molar refractivity (Wildman–Crippen MR) is 124 cm³/mol. The molecule has 0 bridgehead atoms. The van der Waals surface area contributed by atoms with Crippen LogP contribution in [-0.4, -0.2) is 27.0 Å². The van der Waals surface area contributed by atoms with Crippen LogP contribution in [0.3, 0.4) is 0 Å². The van der Waals surface area contributed by atoms with E-state index in [2.05, 4.69) is 59.6 Å². The van der Waals surface area contributed by atoms with Crippen LogP contribution < -0.4 is 14.5 Å². The van der Waals surface area contributed by atoms with Gasteiger partial charge >= 0.3 is 0 Å². The molecule has 3 aromatic carbocycles. The van der Waals surface area contributed by atoms with Crippen molar-refractivity contribution < 1.29 is 9.47 Å². The summed E-state index contributed by atoms with van der Waals surface area (Å²) in [5.74, 6) is 1.68. The highest BCUT2D eigenvalue weighted by Gasteiger charge is 2.14.